The van der Waals surface area contributed by atoms with Crippen molar-refractivity contribution in [3.8, 4) is 0 Å². The molecule has 0 saturated carbocycles. The maximum absolute atomic E-state index is 15.0. The Kier molecular flexibility index (Phi) is 7.18. The summed E-state index contributed by atoms with van der Waals surface area (Å²) in [5, 5.41) is 5.12. The number of amides is 4. The van der Waals surface area contributed by atoms with Gasteiger partial charge in [-0.15, -0.1) is 0 Å². The quantitative estimate of drug-likeness (QED) is 0.596. The molecule has 0 bridgehead atoms. The van der Waals surface area contributed by atoms with Gasteiger partial charge < -0.3 is 29.6 Å². The molecule has 0 radical (unpaired) electrons. The summed E-state index contributed by atoms with van der Waals surface area (Å²) < 4.78 is 25.2. The van der Waals surface area contributed by atoms with E-state index in [1.54, 1.807) is 23.1 Å². The van der Waals surface area contributed by atoms with Gasteiger partial charge in [-0.2, -0.15) is 0 Å². The molecule has 1 aromatic heterocycles. The van der Waals surface area contributed by atoms with Gasteiger partial charge in [-0.3, -0.25) is 19.3 Å². The first-order valence-corrected chi connectivity index (χ1v) is 11.2. The second kappa shape index (κ2) is 10.5. The lowest BCUT2D eigenvalue weighted by atomic mass is 10.2. The number of hydrogen-bond acceptors (Lipinski definition) is 7. The fourth-order valence-corrected chi connectivity index (χ4v) is 3.98. The zero-order valence-corrected chi connectivity index (χ0v) is 19.2. The third-order valence-electron chi connectivity index (χ3n) is 5.81. The molecule has 0 unspecified atom stereocenters. The van der Waals surface area contributed by atoms with E-state index in [4.69, 9.17) is 9.15 Å². The number of nitrogens with one attached hydrogen (secondary N) is 2. The van der Waals surface area contributed by atoms with E-state index in [1.807, 2.05) is 4.90 Å². The molecule has 3 heterocycles. The first kappa shape index (κ1) is 24.0. The summed E-state index contributed by atoms with van der Waals surface area (Å²) in [6, 6.07) is 7.61. The van der Waals surface area contributed by atoms with Crippen molar-refractivity contribution in [1.82, 2.24) is 15.5 Å². The van der Waals surface area contributed by atoms with Crippen molar-refractivity contribution < 1.29 is 32.7 Å². The van der Waals surface area contributed by atoms with Gasteiger partial charge in [0.25, 0.3) is 5.91 Å². The highest BCUT2D eigenvalue weighted by Crippen LogP contribution is 2.28. The van der Waals surface area contributed by atoms with Crippen LogP contribution in [0.15, 0.2) is 41.0 Å². The van der Waals surface area contributed by atoms with Crippen LogP contribution in [0.4, 0.5) is 20.6 Å². The largest absolute Gasteiger partial charge is 0.459 e. The highest BCUT2D eigenvalue weighted by Gasteiger charge is 2.33. The minimum absolute atomic E-state index is 0.131. The highest BCUT2D eigenvalue weighted by atomic mass is 19.1. The number of carbonyl (C=O) groups excluding carboxylic acids is 4. The van der Waals surface area contributed by atoms with Crippen LogP contribution in [-0.4, -0.2) is 80.6 Å². The number of piperazine rings is 1. The van der Waals surface area contributed by atoms with Crippen LogP contribution < -0.4 is 20.4 Å². The molecule has 1 atom stereocenters. The van der Waals surface area contributed by atoms with Crippen molar-refractivity contribution in [3.05, 3.63) is 48.2 Å². The normalized spacial score (nSPS) is 17.8. The number of halogens is 1. The second-order valence-corrected chi connectivity index (χ2v) is 8.22. The molecule has 12 heteroatoms. The van der Waals surface area contributed by atoms with Gasteiger partial charge in [0.15, 0.2) is 5.76 Å². The van der Waals surface area contributed by atoms with Crippen LogP contribution in [0.1, 0.15) is 17.5 Å². The Hall–Kier alpha value is -4.09. The predicted octanol–water partition coefficient (Wildman–Crippen LogP) is 0.959. The van der Waals surface area contributed by atoms with Gasteiger partial charge in [0.1, 0.15) is 11.9 Å². The Labute approximate surface area is 200 Å². The molecular formula is C23H26FN5O6. The van der Waals surface area contributed by atoms with Gasteiger partial charge in [-0.05, 0) is 30.3 Å². The number of anilines is 2. The number of benzene rings is 1. The molecule has 2 aromatic rings. The van der Waals surface area contributed by atoms with Gasteiger partial charge in [-0.25, -0.2) is 9.18 Å². The SMILES string of the molecule is CC(=O)NC[C@H]1CN(c2ccc(N3CCN(C(=O)CNC(=O)c4ccco4)CC3)c(F)c2)C(=O)O1. The van der Waals surface area contributed by atoms with Crippen LogP contribution in [-0.2, 0) is 14.3 Å². The first-order valence-electron chi connectivity index (χ1n) is 11.2. The molecule has 11 nitrogen and oxygen atoms in total. The average molecular weight is 487 g/mol. The van der Waals surface area contributed by atoms with Crippen molar-refractivity contribution in [2.75, 3.05) is 55.6 Å². The molecule has 35 heavy (non-hydrogen) atoms. The number of ether oxygens (including phenoxy) is 1. The highest BCUT2D eigenvalue weighted by molar-refractivity contribution is 5.94. The molecule has 2 saturated heterocycles. The number of rotatable bonds is 7. The van der Waals surface area contributed by atoms with Gasteiger partial charge >= 0.3 is 6.09 Å². The van der Waals surface area contributed by atoms with E-state index in [0.717, 1.165) is 0 Å². The zero-order chi connectivity index (χ0) is 24.9. The van der Waals surface area contributed by atoms with Gasteiger partial charge in [-0.1, -0.05) is 0 Å². The molecule has 0 spiro atoms. The zero-order valence-electron chi connectivity index (χ0n) is 19.2. The predicted molar refractivity (Wildman–Crippen MR) is 123 cm³/mol. The monoisotopic (exact) mass is 487 g/mol. The molecule has 0 aliphatic carbocycles. The molecular weight excluding hydrogens is 461 g/mol. The summed E-state index contributed by atoms with van der Waals surface area (Å²) in [7, 11) is 0. The molecule has 2 aliphatic heterocycles. The van der Waals surface area contributed by atoms with Crippen LogP contribution >= 0.6 is 0 Å². The average Bonchev–Trinajstić information content (AvgIpc) is 3.51. The molecule has 4 amide bonds. The number of furan rings is 1. The van der Waals surface area contributed by atoms with Gasteiger partial charge in [0, 0.05) is 33.1 Å². The van der Waals surface area contributed by atoms with E-state index in [1.165, 1.54) is 30.2 Å². The summed E-state index contributed by atoms with van der Waals surface area (Å²) in [6.45, 7) is 3.19. The van der Waals surface area contributed by atoms with E-state index in [2.05, 4.69) is 10.6 Å². The number of carbonyl (C=O) groups is 4. The minimum Gasteiger partial charge on any atom is -0.459 e. The van der Waals surface area contributed by atoms with Crippen LogP contribution in [0.25, 0.3) is 0 Å². The maximum atomic E-state index is 15.0. The third kappa shape index (κ3) is 5.70. The first-order chi connectivity index (χ1) is 16.8. The van der Waals surface area contributed by atoms with Crippen molar-refractivity contribution in [3.63, 3.8) is 0 Å². The van der Waals surface area contributed by atoms with E-state index in [9.17, 15) is 23.6 Å². The Bertz CT molecular complexity index is 1100. The lowest BCUT2D eigenvalue weighted by Crippen LogP contribution is -2.51. The lowest BCUT2D eigenvalue weighted by Gasteiger charge is -2.36. The minimum atomic E-state index is -0.598. The Balaban J connectivity index is 1.29. The number of cyclic esters (lactones) is 1. The van der Waals surface area contributed by atoms with E-state index >= 15 is 0 Å². The molecule has 2 fully saturated rings. The third-order valence-corrected chi connectivity index (χ3v) is 5.81. The van der Waals surface area contributed by atoms with Crippen LogP contribution in [0, 0.1) is 5.82 Å². The van der Waals surface area contributed by atoms with Crippen molar-refractivity contribution in [1.29, 1.82) is 0 Å². The molecule has 186 valence electrons. The van der Waals surface area contributed by atoms with E-state index in [-0.39, 0.29) is 37.2 Å². The van der Waals surface area contributed by atoms with E-state index in [0.29, 0.717) is 37.6 Å². The van der Waals surface area contributed by atoms with Crippen molar-refractivity contribution >= 4 is 35.2 Å². The molecule has 1 aromatic carbocycles. The van der Waals surface area contributed by atoms with E-state index < -0.39 is 23.9 Å². The van der Waals surface area contributed by atoms with Crippen LogP contribution in [0.3, 0.4) is 0 Å². The standard InChI is InChI=1S/C23H26FN5O6/c1-15(30)25-12-17-14-29(23(33)35-17)16-4-5-19(18(24)11-16)27-6-8-28(9-7-27)21(31)13-26-22(32)20-3-2-10-34-20/h2-5,10-11,17H,6-9,12-14H2,1H3,(H,25,30)(H,26,32)/t17-/m0/s1. The maximum Gasteiger partial charge on any atom is 0.414 e. The lowest BCUT2D eigenvalue weighted by molar-refractivity contribution is -0.130. The van der Waals surface area contributed by atoms with Crippen molar-refractivity contribution in [2.24, 2.45) is 0 Å². The summed E-state index contributed by atoms with van der Waals surface area (Å²) in [4.78, 5) is 52.4. The Morgan fingerprint density at radius 1 is 1.11 bits per heavy atom. The van der Waals surface area contributed by atoms with Crippen LogP contribution in [0.5, 0.6) is 0 Å². The smallest absolute Gasteiger partial charge is 0.414 e. The van der Waals surface area contributed by atoms with Crippen LogP contribution in [0.2, 0.25) is 0 Å². The topological polar surface area (TPSA) is 124 Å². The fourth-order valence-electron chi connectivity index (χ4n) is 3.98. The second-order valence-electron chi connectivity index (χ2n) is 8.22. The summed E-state index contributed by atoms with van der Waals surface area (Å²) >= 11 is 0. The number of nitrogens with zero attached hydrogens (tertiary/aromatic N) is 3. The van der Waals surface area contributed by atoms with Gasteiger partial charge in [0.05, 0.1) is 37.3 Å². The summed E-state index contributed by atoms with van der Waals surface area (Å²) in [6.07, 6.45) is 0.269. The number of hydrogen-bond donors (Lipinski definition) is 2. The molecule has 2 aliphatic rings. The molecule has 2 N–H and O–H groups in total. The molecule has 4 rings (SSSR count). The Morgan fingerprint density at radius 2 is 1.89 bits per heavy atom. The summed E-state index contributed by atoms with van der Waals surface area (Å²) in [5.74, 6) is -1.29. The fraction of sp³-hybridized carbons (Fsp3) is 0.391. The van der Waals surface area contributed by atoms with Crippen molar-refractivity contribution in [2.45, 2.75) is 13.0 Å². The Morgan fingerprint density at radius 3 is 2.54 bits per heavy atom. The summed E-state index contributed by atoms with van der Waals surface area (Å²) in [5.41, 5.74) is 0.733. The van der Waals surface area contributed by atoms with Gasteiger partial charge in [0.2, 0.25) is 11.8 Å².